The van der Waals surface area contributed by atoms with Crippen molar-refractivity contribution in [3.05, 3.63) is 52.2 Å². The molecule has 0 aliphatic carbocycles. The van der Waals surface area contributed by atoms with E-state index >= 15 is 0 Å². The first-order valence-electron chi connectivity index (χ1n) is 5.48. The minimum atomic E-state index is -1.11. The molecule has 0 saturated carbocycles. The van der Waals surface area contributed by atoms with Crippen LogP contribution in [0.25, 0.3) is 0 Å². The van der Waals surface area contributed by atoms with Gasteiger partial charge in [-0.25, -0.2) is 9.18 Å². The number of carboxylic acids is 1. The van der Waals surface area contributed by atoms with Crippen LogP contribution in [0.5, 0.6) is 0 Å². The number of hydrogen-bond donors (Lipinski definition) is 2. The number of nitrogens with one attached hydrogen (secondary N) is 1. The van der Waals surface area contributed by atoms with E-state index in [1.165, 1.54) is 12.1 Å². The molecule has 19 heavy (non-hydrogen) atoms. The number of carbonyl (C=O) groups is 1. The molecule has 0 unspecified atom stereocenters. The summed E-state index contributed by atoms with van der Waals surface area (Å²) in [5, 5.41) is 12.0. The van der Waals surface area contributed by atoms with E-state index in [-0.39, 0.29) is 17.3 Å². The summed E-state index contributed by atoms with van der Waals surface area (Å²) in [4.78, 5) is 10.8. The second-order valence-corrected chi connectivity index (χ2v) is 4.48. The molecular formula is C13H11ClFNO3. The number of rotatable bonds is 4. The molecule has 0 atom stereocenters. The fourth-order valence-electron chi connectivity index (χ4n) is 1.69. The third-order valence-corrected chi connectivity index (χ3v) is 2.71. The Morgan fingerprint density at radius 2 is 2.16 bits per heavy atom. The van der Waals surface area contributed by atoms with E-state index in [1.807, 2.05) is 0 Å². The summed E-state index contributed by atoms with van der Waals surface area (Å²) in [6.45, 7) is 1.89. The molecule has 4 nitrogen and oxygen atoms in total. The first kappa shape index (κ1) is 13.4. The lowest BCUT2D eigenvalue weighted by Gasteiger charge is -2.05. The zero-order valence-corrected chi connectivity index (χ0v) is 10.8. The van der Waals surface area contributed by atoms with Gasteiger partial charge < -0.3 is 14.8 Å². The van der Waals surface area contributed by atoms with Gasteiger partial charge in [-0.15, -0.1) is 0 Å². The molecule has 2 rings (SSSR count). The van der Waals surface area contributed by atoms with Crippen LogP contribution in [-0.2, 0) is 6.54 Å². The first-order chi connectivity index (χ1) is 8.95. The lowest BCUT2D eigenvalue weighted by Crippen LogP contribution is -1.99. The van der Waals surface area contributed by atoms with Crippen molar-refractivity contribution in [3.8, 4) is 0 Å². The monoisotopic (exact) mass is 283 g/mol. The number of benzene rings is 1. The fourth-order valence-corrected chi connectivity index (χ4v) is 1.91. The second kappa shape index (κ2) is 5.32. The fraction of sp³-hybridized carbons (Fsp3) is 0.154. The number of halogens is 2. The molecular weight excluding hydrogens is 273 g/mol. The highest BCUT2D eigenvalue weighted by Crippen LogP contribution is 2.20. The predicted molar refractivity (Wildman–Crippen MR) is 69.1 cm³/mol. The van der Waals surface area contributed by atoms with E-state index in [4.69, 9.17) is 21.1 Å². The van der Waals surface area contributed by atoms with Crippen LogP contribution in [0.15, 0.2) is 28.7 Å². The molecule has 1 aromatic carbocycles. The van der Waals surface area contributed by atoms with Crippen LogP contribution in [-0.4, -0.2) is 11.1 Å². The highest BCUT2D eigenvalue weighted by molar-refractivity contribution is 6.30. The number of aryl methyl sites for hydroxylation is 1. The summed E-state index contributed by atoms with van der Waals surface area (Å²) < 4.78 is 18.3. The molecule has 0 radical (unpaired) electrons. The van der Waals surface area contributed by atoms with E-state index in [1.54, 1.807) is 19.1 Å². The van der Waals surface area contributed by atoms with Crippen molar-refractivity contribution in [3.63, 3.8) is 0 Å². The summed E-state index contributed by atoms with van der Waals surface area (Å²) in [5.41, 5.74) is 1.04. The van der Waals surface area contributed by atoms with E-state index in [0.717, 1.165) is 0 Å². The number of furan rings is 1. The second-order valence-electron chi connectivity index (χ2n) is 4.04. The zero-order valence-electron chi connectivity index (χ0n) is 10.0. The predicted octanol–water partition coefficient (Wildman–Crippen LogP) is 3.69. The lowest BCUT2D eigenvalue weighted by molar-refractivity contribution is 0.0659. The maximum atomic E-state index is 13.1. The summed E-state index contributed by atoms with van der Waals surface area (Å²) in [5.74, 6) is -1.20. The minimum Gasteiger partial charge on any atom is -0.475 e. The van der Waals surface area contributed by atoms with E-state index in [0.29, 0.717) is 17.0 Å². The number of anilines is 1. The van der Waals surface area contributed by atoms with Crippen LogP contribution in [0, 0.1) is 12.7 Å². The van der Waals surface area contributed by atoms with Crippen LogP contribution in [0.3, 0.4) is 0 Å². The highest BCUT2D eigenvalue weighted by atomic mass is 35.5. The summed E-state index contributed by atoms with van der Waals surface area (Å²) >= 11 is 5.72. The Hall–Kier alpha value is -2.01. The van der Waals surface area contributed by atoms with Crippen molar-refractivity contribution >= 4 is 23.3 Å². The van der Waals surface area contributed by atoms with Crippen LogP contribution < -0.4 is 5.32 Å². The van der Waals surface area contributed by atoms with Gasteiger partial charge in [-0.2, -0.15) is 0 Å². The standard InChI is InChI=1S/C13H11ClFNO3/c1-7-2-11(19-12(7)13(17)18)6-16-10-4-8(14)3-9(15)5-10/h2-5,16H,6H2,1H3,(H,17,18). The van der Waals surface area contributed by atoms with Crippen molar-refractivity contribution in [1.29, 1.82) is 0 Å². The van der Waals surface area contributed by atoms with Gasteiger partial charge in [0, 0.05) is 16.3 Å². The van der Waals surface area contributed by atoms with Gasteiger partial charge in [0.05, 0.1) is 6.54 Å². The molecule has 0 aliphatic rings. The van der Waals surface area contributed by atoms with E-state index in [2.05, 4.69) is 5.32 Å². The van der Waals surface area contributed by atoms with Crippen LogP contribution in [0.1, 0.15) is 21.9 Å². The van der Waals surface area contributed by atoms with Gasteiger partial charge in [-0.05, 0) is 31.2 Å². The number of aromatic carboxylic acids is 1. The average molecular weight is 284 g/mol. The topological polar surface area (TPSA) is 62.5 Å². The van der Waals surface area contributed by atoms with Crippen molar-refractivity contribution in [2.24, 2.45) is 0 Å². The SMILES string of the molecule is Cc1cc(CNc2cc(F)cc(Cl)c2)oc1C(=O)O. The Bertz CT molecular complexity index is 604. The van der Waals surface area contributed by atoms with Gasteiger partial charge in [0.15, 0.2) is 0 Å². The first-order valence-corrected chi connectivity index (χ1v) is 5.86. The third-order valence-electron chi connectivity index (χ3n) is 2.49. The van der Waals surface area contributed by atoms with Gasteiger partial charge in [0.1, 0.15) is 11.6 Å². The average Bonchev–Trinajstić information content (AvgIpc) is 2.67. The molecule has 0 amide bonds. The van der Waals surface area contributed by atoms with Gasteiger partial charge in [-0.3, -0.25) is 0 Å². The van der Waals surface area contributed by atoms with Gasteiger partial charge in [0.25, 0.3) is 0 Å². The van der Waals surface area contributed by atoms with Crippen molar-refractivity contribution < 1.29 is 18.7 Å². The minimum absolute atomic E-state index is 0.0888. The Balaban J connectivity index is 2.10. The Morgan fingerprint density at radius 1 is 1.42 bits per heavy atom. The van der Waals surface area contributed by atoms with Crippen molar-refractivity contribution in [1.82, 2.24) is 0 Å². The quantitative estimate of drug-likeness (QED) is 0.898. The molecule has 2 N–H and O–H groups in total. The molecule has 0 fully saturated rings. The van der Waals surface area contributed by atoms with Gasteiger partial charge in [-0.1, -0.05) is 11.6 Å². The van der Waals surface area contributed by atoms with E-state index in [9.17, 15) is 9.18 Å². The molecule has 100 valence electrons. The molecule has 0 saturated heterocycles. The molecule has 0 spiro atoms. The molecule has 1 aromatic heterocycles. The largest absolute Gasteiger partial charge is 0.475 e. The Morgan fingerprint density at radius 3 is 2.74 bits per heavy atom. The molecule has 2 aromatic rings. The molecule has 0 bridgehead atoms. The van der Waals surface area contributed by atoms with Gasteiger partial charge in [0.2, 0.25) is 5.76 Å². The van der Waals surface area contributed by atoms with Gasteiger partial charge >= 0.3 is 5.97 Å². The Kier molecular flexibility index (Phi) is 3.76. The third kappa shape index (κ3) is 3.26. The van der Waals surface area contributed by atoms with E-state index < -0.39 is 11.8 Å². The van der Waals surface area contributed by atoms with Crippen molar-refractivity contribution in [2.45, 2.75) is 13.5 Å². The normalized spacial score (nSPS) is 10.5. The summed E-state index contributed by atoms with van der Waals surface area (Å²) in [6, 6.07) is 5.68. The maximum absolute atomic E-state index is 13.1. The highest BCUT2D eigenvalue weighted by Gasteiger charge is 2.14. The number of hydrogen-bond acceptors (Lipinski definition) is 3. The van der Waals surface area contributed by atoms with Crippen LogP contribution in [0.2, 0.25) is 5.02 Å². The molecule has 6 heteroatoms. The maximum Gasteiger partial charge on any atom is 0.372 e. The molecule has 1 heterocycles. The summed E-state index contributed by atoms with van der Waals surface area (Å²) in [7, 11) is 0. The van der Waals surface area contributed by atoms with Crippen molar-refractivity contribution in [2.75, 3.05) is 5.32 Å². The van der Waals surface area contributed by atoms with Crippen LogP contribution in [0.4, 0.5) is 10.1 Å². The zero-order chi connectivity index (χ0) is 14.0. The van der Waals surface area contributed by atoms with Crippen LogP contribution >= 0.6 is 11.6 Å². The number of carboxylic acid groups (broad SMARTS) is 1. The summed E-state index contributed by atoms with van der Waals surface area (Å²) in [6.07, 6.45) is 0. The smallest absolute Gasteiger partial charge is 0.372 e. The molecule has 0 aliphatic heterocycles. The lowest BCUT2D eigenvalue weighted by atomic mass is 10.2. The Labute approximate surface area is 113 Å².